The maximum atomic E-state index is 13.2. The highest BCUT2D eigenvalue weighted by Gasteiger charge is 2.12. The lowest BCUT2D eigenvalue weighted by Crippen LogP contribution is -2.09. The van der Waals surface area contributed by atoms with E-state index in [9.17, 15) is 13.6 Å². The minimum atomic E-state index is -0.880. The van der Waals surface area contributed by atoms with Gasteiger partial charge in [-0.1, -0.05) is 17.7 Å². The van der Waals surface area contributed by atoms with Gasteiger partial charge < -0.3 is 0 Å². The van der Waals surface area contributed by atoms with Crippen molar-refractivity contribution in [3.8, 4) is 0 Å². The van der Waals surface area contributed by atoms with E-state index in [2.05, 4.69) is 10.3 Å². The van der Waals surface area contributed by atoms with E-state index >= 15 is 0 Å². The molecule has 0 atom stereocenters. The normalized spacial score (nSPS) is 10.7. The fourth-order valence-electron chi connectivity index (χ4n) is 1.89. The third-order valence-electron chi connectivity index (χ3n) is 2.93. The van der Waals surface area contributed by atoms with E-state index in [4.69, 9.17) is 11.6 Å². The number of hydrogen-bond donors (Lipinski definition) is 1. The van der Waals surface area contributed by atoms with Gasteiger partial charge in [0, 0.05) is 17.5 Å². The number of anilines is 1. The zero-order valence-electron chi connectivity index (χ0n) is 11.5. The molecular weight excluding hydrogens is 362 g/mol. The van der Waals surface area contributed by atoms with Crippen molar-refractivity contribution < 1.29 is 13.6 Å². The first-order valence-corrected chi connectivity index (χ1v) is 8.47. The quantitative estimate of drug-likeness (QED) is 0.703. The molecule has 23 heavy (non-hydrogen) atoms. The van der Waals surface area contributed by atoms with Gasteiger partial charge in [-0.05, 0) is 29.8 Å². The number of benzene rings is 1. The fourth-order valence-corrected chi connectivity index (χ4v) is 3.67. The number of amides is 1. The minimum absolute atomic E-state index is 0.282. The molecule has 0 aliphatic rings. The molecule has 0 spiro atoms. The van der Waals surface area contributed by atoms with Crippen molar-refractivity contribution in [1.82, 2.24) is 4.98 Å². The van der Waals surface area contributed by atoms with E-state index in [0.29, 0.717) is 26.3 Å². The van der Waals surface area contributed by atoms with Crippen molar-refractivity contribution >= 4 is 45.3 Å². The van der Waals surface area contributed by atoms with Crippen LogP contribution in [0.2, 0.25) is 4.34 Å². The molecule has 0 saturated heterocycles. The third kappa shape index (κ3) is 3.93. The van der Waals surface area contributed by atoms with E-state index < -0.39 is 11.6 Å². The molecular formula is C15H9ClF2N2OS2. The second kappa shape index (κ2) is 6.74. The maximum absolute atomic E-state index is 13.2. The third-order valence-corrected chi connectivity index (χ3v) is 5.08. The number of thiazole rings is 1. The Morgan fingerprint density at radius 2 is 2.00 bits per heavy atom. The topological polar surface area (TPSA) is 42.0 Å². The van der Waals surface area contributed by atoms with Crippen LogP contribution < -0.4 is 5.32 Å². The van der Waals surface area contributed by atoms with Crippen LogP contribution in [0.25, 0.3) is 0 Å². The molecule has 0 bridgehead atoms. The van der Waals surface area contributed by atoms with Gasteiger partial charge in [0.05, 0.1) is 9.21 Å². The summed E-state index contributed by atoms with van der Waals surface area (Å²) in [6.45, 7) is 0. The Morgan fingerprint density at radius 1 is 1.17 bits per heavy atom. The van der Waals surface area contributed by atoms with E-state index in [1.54, 1.807) is 18.3 Å². The molecule has 118 valence electrons. The number of rotatable bonds is 4. The monoisotopic (exact) mass is 370 g/mol. The second-order valence-corrected chi connectivity index (χ2v) is 7.45. The van der Waals surface area contributed by atoms with Gasteiger partial charge in [0.2, 0.25) is 0 Å². The summed E-state index contributed by atoms with van der Waals surface area (Å²) < 4.78 is 26.6. The van der Waals surface area contributed by atoms with Crippen LogP contribution >= 0.6 is 34.3 Å². The molecule has 1 N–H and O–H groups in total. The largest absolute Gasteiger partial charge is 0.297 e. The predicted octanol–water partition coefficient (Wildman–Crippen LogP) is 4.98. The van der Waals surface area contributed by atoms with Crippen LogP contribution in [0.1, 0.15) is 20.1 Å². The first-order chi connectivity index (χ1) is 11.0. The summed E-state index contributed by atoms with van der Waals surface area (Å²) in [5.74, 6) is -2.04. The minimum Gasteiger partial charge on any atom is -0.297 e. The number of nitrogens with zero attached hydrogens (tertiary/aromatic N) is 1. The Balaban J connectivity index is 1.68. The molecule has 1 amide bonds. The molecule has 0 aliphatic carbocycles. The van der Waals surface area contributed by atoms with Gasteiger partial charge in [-0.2, -0.15) is 0 Å². The van der Waals surface area contributed by atoms with Crippen molar-refractivity contribution in [3.05, 3.63) is 67.8 Å². The Kier molecular flexibility index (Phi) is 4.70. The van der Waals surface area contributed by atoms with E-state index in [0.717, 1.165) is 17.0 Å². The van der Waals surface area contributed by atoms with Crippen LogP contribution in [0.5, 0.6) is 0 Å². The Bertz CT molecular complexity index is 863. The van der Waals surface area contributed by atoms with Gasteiger partial charge in [-0.15, -0.1) is 22.7 Å². The van der Waals surface area contributed by atoms with Crippen molar-refractivity contribution in [2.24, 2.45) is 0 Å². The first-order valence-electron chi connectivity index (χ1n) is 6.46. The summed E-state index contributed by atoms with van der Waals surface area (Å²) in [5.41, 5.74) is 0.635. The lowest BCUT2D eigenvalue weighted by atomic mass is 10.1. The summed E-state index contributed by atoms with van der Waals surface area (Å²) in [7, 11) is 0. The van der Waals surface area contributed by atoms with Gasteiger partial charge in [0.15, 0.2) is 16.8 Å². The Hall–Kier alpha value is -1.83. The van der Waals surface area contributed by atoms with Crippen molar-refractivity contribution in [2.75, 3.05) is 5.32 Å². The van der Waals surface area contributed by atoms with Crippen LogP contribution in [0.4, 0.5) is 13.9 Å². The number of nitrogens with one attached hydrogen (secondary N) is 1. The van der Waals surface area contributed by atoms with Gasteiger partial charge in [-0.25, -0.2) is 13.8 Å². The SMILES string of the molecule is O=C(Nc1ncc(Cc2ccc(F)c(F)c2)s1)c1ccc(Cl)s1. The molecule has 0 aliphatic heterocycles. The molecule has 0 radical (unpaired) electrons. The number of carbonyl (C=O) groups is 1. The molecule has 0 unspecified atom stereocenters. The van der Waals surface area contributed by atoms with E-state index in [-0.39, 0.29) is 5.91 Å². The number of halogens is 3. The Labute approximate surface area is 143 Å². The van der Waals surface area contributed by atoms with Crippen LogP contribution in [-0.4, -0.2) is 10.9 Å². The summed E-state index contributed by atoms with van der Waals surface area (Å²) in [4.78, 5) is 17.4. The standard InChI is InChI=1S/C15H9ClF2N2OS2/c16-13-4-3-12(23-13)14(21)20-15-19-7-9(22-15)5-8-1-2-10(17)11(18)6-8/h1-4,6-7H,5H2,(H,19,20,21). The van der Waals surface area contributed by atoms with Gasteiger partial charge >= 0.3 is 0 Å². The number of carbonyl (C=O) groups excluding carboxylic acids is 1. The summed E-state index contributed by atoms with van der Waals surface area (Å²) >= 11 is 8.25. The molecule has 3 nitrogen and oxygen atoms in total. The molecule has 2 heterocycles. The van der Waals surface area contributed by atoms with E-state index in [1.165, 1.54) is 28.7 Å². The van der Waals surface area contributed by atoms with Crippen LogP contribution in [-0.2, 0) is 6.42 Å². The molecule has 8 heteroatoms. The predicted molar refractivity (Wildman–Crippen MR) is 88.6 cm³/mol. The fraction of sp³-hybridized carbons (Fsp3) is 0.0667. The lowest BCUT2D eigenvalue weighted by Gasteiger charge is -2.00. The zero-order chi connectivity index (χ0) is 16.4. The van der Waals surface area contributed by atoms with Crippen LogP contribution in [0, 0.1) is 11.6 Å². The lowest BCUT2D eigenvalue weighted by molar-refractivity contribution is 0.103. The average molecular weight is 371 g/mol. The maximum Gasteiger partial charge on any atom is 0.267 e. The highest BCUT2D eigenvalue weighted by molar-refractivity contribution is 7.18. The smallest absolute Gasteiger partial charge is 0.267 e. The van der Waals surface area contributed by atoms with Crippen LogP contribution in [0.15, 0.2) is 36.5 Å². The average Bonchev–Trinajstić information content (AvgIpc) is 3.12. The molecule has 0 saturated carbocycles. The first kappa shape index (κ1) is 16.0. The number of thiophene rings is 1. The van der Waals surface area contributed by atoms with Gasteiger partial charge in [0.25, 0.3) is 5.91 Å². The van der Waals surface area contributed by atoms with Gasteiger partial charge in [0.1, 0.15) is 0 Å². The molecule has 2 aromatic heterocycles. The summed E-state index contributed by atoms with van der Waals surface area (Å²) in [6.07, 6.45) is 2.01. The summed E-state index contributed by atoms with van der Waals surface area (Å²) in [5, 5.41) is 3.13. The zero-order valence-corrected chi connectivity index (χ0v) is 13.9. The molecule has 1 aromatic carbocycles. The van der Waals surface area contributed by atoms with Crippen molar-refractivity contribution in [3.63, 3.8) is 0 Å². The van der Waals surface area contributed by atoms with Crippen LogP contribution in [0.3, 0.4) is 0 Å². The highest BCUT2D eigenvalue weighted by Crippen LogP contribution is 2.25. The number of hydrogen-bond acceptors (Lipinski definition) is 4. The molecule has 3 aromatic rings. The molecule has 3 rings (SSSR count). The van der Waals surface area contributed by atoms with E-state index in [1.807, 2.05) is 0 Å². The van der Waals surface area contributed by atoms with Crippen molar-refractivity contribution in [2.45, 2.75) is 6.42 Å². The summed E-state index contributed by atoms with van der Waals surface area (Å²) in [6, 6.07) is 7.05. The number of aromatic nitrogens is 1. The van der Waals surface area contributed by atoms with Gasteiger partial charge in [-0.3, -0.25) is 10.1 Å². The highest BCUT2D eigenvalue weighted by atomic mass is 35.5. The Morgan fingerprint density at radius 3 is 2.70 bits per heavy atom. The van der Waals surface area contributed by atoms with Crippen molar-refractivity contribution in [1.29, 1.82) is 0 Å². The second-order valence-electron chi connectivity index (χ2n) is 4.61. The molecule has 0 fully saturated rings.